The van der Waals surface area contributed by atoms with E-state index >= 15 is 0 Å². The molecule has 2 aromatic rings. The molecule has 17 heavy (non-hydrogen) atoms. The van der Waals surface area contributed by atoms with Gasteiger partial charge in [0.2, 0.25) is 0 Å². The average Bonchev–Trinajstić information content (AvgIpc) is 2.77. The number of aryl methyl sites for hydroxylation is 1. The summed E-state index contributed by atoms with van der Waals surface area (Å²) in [5, 5.41) is 11.6. The van der Waals surface area contributed by atoms with E-state index in [1.54, 1.807) is 47.3 Å². The highest BCUT2D eigenvalue weighted by Crippen LogP contribution is 2.14. The van der Waals surface area contributed by atoms with Crippen molar-refractivity contribution in [1.82, 2.24) is 4.57 Å². The zero-order valence-electron chi connectivity index (χ0n) is 9.34. The molecule has 1 N–H and O–H groups in total. The van der Waals surface area contributed by atoms with Gasteiger partial charge in [-0.05, 0) is 18.2 Å². The van der Waals surface area contributed by atoms with Gasteiger partial charge in [-0.15, -0.1) is 0 Å². The molecule has 0 radical (unpaired) electrons. The monoisotopic (exact) mass is 225 g/mol. The molecule has 1 aromatic heterocycles. The summed E-state index contributed by atoms with van der Waals surface area (Å²) in [6, 6.07) is 10.7. The number of hydrogen-bond acceptors (Lipinski definition) is 2. The second-order valence-corrected chi connectivity index (χ2v) is 3.68. The van der Waals surface area contributed by atoms with Gasteiger partial charge >= 0.3 is 0 Å². The summed E-state index contributed by atoms with van der Waals surface area (Å²) in [7, 11) is 1.85. The molecule has 0 bridgehead atoms. The van der Waals surface area contributed by atoms with Gasteiger partial charge in [-0.1, -0.05) is 12.1 Å². The molecular formula is C13H11N3O. The summed E-state index contributed by atoms with van der Waals surface area (Å²) in [4.78, 5) is 11.9. The van der Waals surface area contributed by atoms with E-state index in [1.807, 2.05) is 13.1 Å². The van der Waals surface area contributed by atoms with Crippen LogP contribution in [-0.2, 0) is 7.05 Å². The number of nitrogens with one attached hydrogen (secondary N) is 1. The number of para-hydroxylation sites is 1. The smallest absolute Gasteiger partial charge is 0.257 e. The van der Waals surface area contributed by atoms with Crippen molar-refractivity contribution >= 4 is 11.6 Å². The highest BCUT2D eigenvalue weighted by Gasteiger charge is 2.09. The fraction of sp³-hybridized carbons (Fsp3) is 0.0769. The summed E-state index contributed by atoms with van der Waals surface area (Å²) < 4.78 is 1.80. The summed E-state index contributed by atoms with van der Waals surface area (Å²) in [5.41, 5.74) is 1.56. The molecule has 0 aliphatic rings. The third-order valence-corrected chi connectivity index (χ3v) is 2.39. The lowest BCUT2D eigenvalue weighted by Gasteiger charge is -2.05. The number of hydrogen-bond donors (Lipinski definition) is 1. The van der Waals surface area contributed by atoms with E-state index in [0.717, 1.165) is 0 Å². The number of aromatic nitrogens is 1. The molecule has 0 saturated carbocycles. The molecule has 4 heteroatoms. The Hall–Kier alpha value is -2.54. The molecule has 0 aliphatic carbocycles. The van der Waals surface area contributed by atoms with Crippen molar-refractivity contribution in [2.75, 3.05) is 5.32 Å². The predicted molar refractivity (Wildman–Crippen MR) is 64.5 cm³/mol. The molecule has 0 atom stereocenters. The minimum Gasteiger partial charge on any atom is -0.356 e. The Morgan fingerprint density at radius 3 is 2.76 bits per heavy atom. The molecule has 2 rings (SSSR count). The van der Waals surface area contributed by atoms with E-state index in [-0.39, 0.29) is 5.91 Å². The average molecular weight is 225 g/mol. The highest BCUT2D eigenvalue weighted by atomic mass is 16.1. The second kappa shape index (κ2) is 4.54. The van der Waals surface area contributed by atoms with Crippen LogP contribution in [0.4, 0.5) is 5.69 Å². The quantitative estimate of drug-likeness (QED) is 0.851. The normalized spacial score (nSPS) is 9.65. The van der Waals surface area contributed by atoms with Gasteiger partial charge in [-0.2, -0.15) is 5.26 Å². The van der Waals surface area contributed by atoms with Crippen molar-refractivity contribution < 1.29 is 4.79 Å². The number of amides is 1. The van der Waals surface area contributed by atoms with Crippen LogP contribution in [0.1, 0.15) is 15.9 Å². The Labute approximate surface area is 99.1 Å². The first-order valence-electron chi connectivity index (χ1n) is 5.13. The molecule has 0 aliphatic heterocycles. The fourth-order valence-electron chi connectivity index (χ4n) is 1.52. The molecular weight excluding hydrogens is 214 g/mol. The summed E-state index contributed by atoms with van der Waals surface area (Å²) in [6.45, 7) is 0. The van der Waals surface area contributed by atoms with Gasteiger partial charge < -0.3 is 9.88 Å². The van der Waals surface area contributed by atoms with Crippen molar-refractivity contribution in [3.63, 3.8) is 0 Å². The molecule has 0 saturated heterocycles. The molecule has 4 nitrogen and oxygen atoms in total. The van der Waals surface area contributed by atoms with Crippen LogP contribution in [-0.4, -0.2) is 10.5 Å². The van der Waals surface area contributed by atoms with Crippen molar-refractivity contribution in [1.29, 1.82) is 5.26 Å². The van der Waals surface area contributed by atoms with Gasteiger partial charge in [0.25, 0.3) is 5.91 Å². The van der Waals surface area contributed by atoms with E-state index < -0.39 is 0 Å². The van der Waals surface area contributed by atoms with Crippen LogP contribution in [0.25, 0.3) is 0 Å². The van der Waals surface area contributed by atoms with Gasteiger partial charge in [0.15, 0.2) is 0 Å². The Morgan fingerprint density at radius 2 is 2.12 bits per heavy atom. The third kappa shape index (κ3) is 2.34. The Kier molecular flexibility index (Phi) is 2.93. The van der Waals surface area contributed by atoms with E-state index in [1.165, 1.54) is 0 Å². The fourth-order valence-corrected chi connectivity index (χ4v) is 1.52. The third-order valence-electron chi connectivity index (χ3n) is 2.39. The van der Waals surface area contributed by atoms with E-state index in [9.17, 15) is 4.79 Å². The first kappa shape index (κ1) is 11.0. The zero-order chi connectivity index (χ0) is 12.3. The lowest BCUT2D eigenvalue weighted by molar-refractivity contribution is 0.102. The largest absolute Gasteiger partial charge is 0.356 e. The lowest BCUT2D eigenvalue weighted by Crippen LogP contribution is -2.12. The van der Waals surface area contributed by atoms with Crippen LogP contribution in [0.15, 0.2) is 42.7 Å². The minimum absolute atomic E-state index is 0.215. The summed E-state index contributed by atoms with van der Waals surface area (Å²) >= 11 is 0. The molecule has 0 spiro atoms. The van der Waals surface area contributed by atoms with E-state index in [4.69, 9.17) is 5.26 Å². The van der Waals surface area contributed by atoms with Crippen molar-refractivity contribution in [3.05, 3.63) is 53.9 Å². The van der Waals surface area contributed by atoms with Crippen molar-refractivity contribution in [2.45, 2.75) is 0 Å². The van der Waals surface area contributed by atoms with Gasteiger partial charge in [-0.25, -0.2) is 0 Å². The zero-order valence-corrected chi connectivity index (χ0v) is 9.34. The SMILES string of the molecule is Cn1ccc(C(=O)Nc2ccccc2C#N)c1. The van der Waals surface area contributed by atoms with Crippen LogP contribution < -0.4 is 5.32 Å². The van der Waals surface area contributed by atoms with Crippen LogP contribution >= 0.6 is 0 Å². The van der Waals surface area contributed by atoms with Gasteiger partial charge in [0.05, 0.1) is 16.8 Å². The molecule has 1 aromatic carbocycles. The predicted octanol–water partition coefficient (Wildman–Crippen LogP) is 2.15. The maximum atomic E-state index is 11.9. The number of anilines is 1. The molecule has 0 unspecified atom stereocenters. The van der Waals surface area contributed by atoms with Gasteiger partial charge in [0, 0.05) is 19.4 Å². The maximum Gasteiger partial charge on any atom is 0.257 e. The highest BCUT2D eigenvalue weighted by molar-refractivity contribution is 6.04. The Morgan fingerprint density at radius 1 is 1.35 bits per heavy atom. The topological polar surface area (TPSA) is 57.8 Å². The first-order valence-corrected chi connectivity index (χ1v) is 5.13. The van der Waals surface area contributed by atoms with E-state index in [0.29, 0.717) is 16.8 Å². The van der Waals surface area contributed by atoms with Crippen LogP contribution in [0.5, 0.6) is 0 Å². The lowest BCUT2D eigenvalue weighted by atomic mass is 10.2. The Balaban J connectivity index is 2.22. The number of nitriles is 1. The summed E-state index contributed by atoms with van der Waals surface area (Å²) in [5.74, 6) is -0.215. The van der Waals surface area contributed by atoms with Crippen LogP contribution in [0.3, 0.4) is 0 Å². The first-order chi connectivity index (χ1) is 8.20. The van der Waals surface area contributed by atoms with Crippen molar-refractivity contribution in [3.8, 4) is 6.07 Å². The maximum absolute atomic E-state index is 11.9. The molecule has 0 fully saturated rings. The van der Waals surface area contributed by atoms with Gasteiger partial charge in [0.1, 0.15) is 6.07 Å². The number of nitrogens with zero attached hydrogens (tertiary/aromatic N) is 2. The molecule has 84 valence electrons. The number of rotatable bonds is 2. The minimum atomic E-state index is -0.215. The standard InChI is InChI=1S/C13H11N3O/c1-16-7-6-11(9-16)13(17)15-12-5-3-2-4-10(12)8-14/h2-7,9H,1H3,(H,15,17). The number of benzene rings is 1. The van der Waals surface area contributed by atoms with E-state index in [2.05, 4.69) is 5.32 Å². The Bertz CT molecular complexity index is 593. The molecule has 1 heterocycles. The van der Waals surface area contributed by atoms with Gasteiger partial charge in [-0.3, -0.25) is 4.79 Å². The second-order valence-electron chi connectivity index (χ2n) is 3.68. The van der Waals surface area contributed by atoms with Crippen molar-refractivity contribution in [2.24, 2.45) is 7.05 Å². The van der Waals surface area contributed by atoms with Crippen LogP contribution in [0, 0.1) is 11.3 Å². The van der Waals surface area contributed by atoms with Crippen LogP contribution in [0.2, 0.25) is 0 Å². The number of carbonyl (C=O) groups is 1. The summed E-state index contributed by atoms with van der Waals surface area (Å²) in [6.07, 6.45) is 3.52. The molecule has 1 amide bonds. The number of carbonyl (C=O) groups excluding carboxylic acids is 1.